The summed E-state index contributed by atoms with van der Waals surface area (Å²) in [4.78, 5) is 12.0. The van der Waals surface area contributed by atoms with Gasteiger partial charge in [0.15, 0.2) is 5.36 Å². The van der Waals surface area contributed by atoms with Crippen molar-refractivity contribution in [1.29, 1.82) is 0 Å². The minimum Gasteiger partial charge on any atom is -0.478 e. The summed E-state index contributed by atoms with van der Waals surface area (Å²) in [5.41, 5.74) is 11.5. The average Bonchev–Trinajstić information content (AvgIpc) is 2.61. The van der Waals surface area contributed by atoms with Gasteiger partial charge < -0.3 is 15.3 Å². The monoisotopic (exact) mass is 359 g/mol. The van der Waals surface area contributed by atoms with Crippen LogP contribution in [0.25, 0.3) is 33.4 Å². The minimum atomic E-state index is -0.971. The van der Waals surface area contributed by atoms with Crippen molar-refractivity contribution < 1.29 is 19.7 Å². The molecule has 0 atom stereocenters. The zero-order valence-corrected chi connectivity index (χ0v) is 15.0. The van der Waals surface area contributed by atoms with Crippen molar-refractivity contribution in [2.75, 3.05) is 5.73 Å². The van der Waals surface area contributed by atoms with Crippen LogP contribution in [0.15, 0.2) is 52.9 Å². The number of anilines is 1. The molecule has 0 unspecified atom stereocenters. The minimum absolute atomic E-state index is 0.251. The molecular formula is C22H19N2O3+. The number of rotatable bonds is 2. The lowest BCUT2D eigenvalue weighted by molar-refractivity contribution is -0.172. The van der Waals surface area contributed by atoms with Gasteiger partial charge in [0.05, 0.1) is 11.6 Å². The third-order valence-corrected chi connectivity index (χ3v) is 4.90. The molecule has 1 heterocycles. The summed E-state index contributed by atoms with van der Waals surface area (Å²) in [5, 5.41) is 17.1. The van der Waals surface area contributed by atoms with Crippen molar-refractivity contribution >= 4 is 22.6 Å². The van der Waals surface area contributed by atoms with Crippen LogP contribution in [0.4, 0.5) is 5.69 Å². The van der Waals surface area contributed by atoms with Gasteiger partial charge in [0.2, 0.25) is 0 Å². The molecule has 0 fully saturated rings. The molecule has 0 saturated carbocycles. The molecule has 2 aromatic rings. The Morgan fingerprint density at radius 2 is 1.74 bits per heavy atom. The fraction of sp³-hybridized carbons (Fsp3) is 0.0909. The fourth-order valence-electron chi connectivity index (χ4n) is 3.41. The Morgan fingerprint density at radius 3 is 2.48 bits per heavy atom. The van der Waals surface area contributed by atoms with E-state index in [-0.39, 0.29) is 5.56 Å². The van der Waals surface area contributed by atoms with Crippen LogP contribution in [-0.4, -0.2) is 11.1 Å². The third-order valence-electron chi connectivity index (χ3n) is 4.90. The van der Waals surface area contributed by atoms with Gasteiger partial charge in [-0.05, 0) is 54.8 Å². The predicted molar refractivity (Wildman–Crippen MR) is 104 cm³/mol. The number of aryl methyl sites for hydroxylation is 2. The molecule has 0 bridgehead atoms. The van der Waals surface area contributed by atoms with E-state index < -0.39 is 5.97 Å². The molecule has 5 nitrogen and oxygen atoms in total. The van der Waals surface area contributed by atoms with Crippen molar-refractivity contribution in [3.63, 3.8) is 0 Å². The zero-order valence-electron chi connectivity index (χ0n) is 15.0. The number of benzene rings is 3. The van der Waals surface area contributed by atoms with E-state index in [1.54, 1.807) is 30.3 Å². The van der Waals surface area contributed by atoms with Crippen LogP contribution >= 0.6 is 0 Å². The van der Waals surface area contributed by atoms with Gasteiger partial charge in [0, 0.05) is 34.3 Å². The van der Waals surface area contributed by atoms with Crippen molar-refractivity contribution in [2.24, 2.45) is 0 Å². The van der Waals surface area contributed by atoms with Crippen molar-refractivity contribution in [2.45, 2.75) is 13.8 Å². The molecule has 134 valence electrons. The zero-order chi connectivity index (χ0) is 19.3. The number of carbonyl (C=O) groups is 1. The van der Waals surface area contributed by atoms with Gasteiger partial charge in [0.25, 0.3) is 0 Å². The molecular weight excluding hydrogens is 340 g/mol. The van der Waals surface area contributed by atoms with Gasteiger partial charge >= 0.3 is 5.97 Å². The Balaban J connectivity index is 2.23. The van der Waals surface area contributed by atoms with E-state index in [1.165, 1.54) is 0 Å². The van der Waals surface area contributed by atoms with Crippen LogP contribution in [0.2, 0.25) is 0 Å². The molecule has 0 radical (unpaired) electrons. The predicted octanol–water partition coefficient (Wildman–Crippen LogP) is 2.76. The van der Waals surface area contributed by atoms with Crippen LogP contribution in [0.5, 0.6) is 0 Å². The first-order valence-corrected chi connectivity index (χ1v) is 8.54. The van der Waals surface area contributed by atoms with Gasteiger partial charge in [-0.1, -0.05) is 6.07 Å². The standard InChI is InChI=1S/C22H18N2O3/c1-11-7-17(18(22(25)26)8-12(11)2)21-15-5-3-13(23)9-19(15)27-20-10-14(24)4-6-16(20)21/h3-10,23H,24H2,1-2H3,(H,25,26)/p+1. The molecule has 0 spiro atoms. The molecule has 27 heavy (non-hydrogen) atoms. The van der Waals surface area contributed by atoms with E-state index in [1.807, 2.05) is 32.0 Å². The molecule has 4 rings (SSSR count). The molecule has 5 N–H and O–H groups in total. The van der Waals surface area contributed by atoms with E-state index in [4.69, 9.17) is 15.6 Å². The van der Waals surface area contributed by atoms with E-state index in [2.05, 4.69) is 0 Å². The van der Waals surface area contributed by atoms with Crippen molar-refractivity contribution in [1.82, 2.24) is 0 Å². The first-order valence-electron chi connectivity index (χ1n) is 8.54. The largest absolute Gasteiger partial charge is 0.478 e. The lowest BCUT2D eigenvalue weighted by atomic mass is 9.88. The second kappa shape index (κ2) is 5.99. The lowest BCUT2D eigenvalue weighted by Crippen LogP contribution is -2.44. The molecule has 1 aliphatic carbocycles. The van der Waals surface area contributed by atoms with E-state index in [9.17, 15) is 9.90 Å². The average molecular weight is 359 g/mol. The Hall–Kier alpha value is -3.60. The first kappa shape index (κ1) is 16.8. The van der Waals surface area contributed by atoms with Crippen LogP contribution in [0.1, 0.15) is 21.5 Å². The molecule has 0 saturated heterocycles. The smallest absolute Gasteiger partial charge is 0.336 e. The highest BCUT2D eigenvalue weighted by atomic mass is 16.4. The number of carboxylic acids is 1. The Morgan fingerprint density at radius 1 is 1.00 bits per heavy atom. The van der Waals surface area contributed by atoms with E-state index in [0.29, 0.717) is 28.0 Å². The normalized spacial score (nSPS) is 11.2. The summed E-state index contributed by atoms with van der Waals surface area (Å²) in [6.07, 6.45) is 0. The van der Waals surface area contributed by atoms with Gasteiger partial charge in [-0.3, -0.25) is 5.41 Å². The number of nitrogen functional groups attached to an aromatic ring is 1. The van der Waals surface area contributed by atoms with Crippen LogP contribution < -0.4 is 16.5 Å². The number of aromatic carboxylic acids is 1. The Labute approximate surface area is 155 Å². The van der Waals surface area contributed by atoms with Crippen LogP contribution in [0.3, 0.4) is 0 Å². The highest BCUT2D eigenvalue weighted by Crippen LogP contribution is 2.42. The number of nitrogens with two attached hydrogens (primary N) is 2. The molecule has 2 aliphatic rings. The van der Waals surface area contributed by atoms with Gasteiger partial charge in [0.1, 0.15) is 11.3 Å². The Bertz CT molecular complexity index is 1250. The highest BCUT2D eigenvalue weighted by Gasteiger charge is 2.22. The molecule has 5 heteroatoms. The van der Waals surface area contributed by atoms with Gasteiger partial charge in [-0.2, -0.15) is 0 Å². The highest BCUT2D eigenvalue weighted by molar-refractivity contribution is 6.08. The van der Waals surface area contributed by atoms with Crippen molar-refractivity contribution in [3.8, 4) is 22.5 Å². The topological polar surface area (TPSA) is 102 Å². The van der Waals surface area contributed by atoms with E-state index >= 15 is 0 Å². The van der Waals surface area contributed by atoms with Gasteiger partial charge in [-0.15, -0.1) is 0 Å². The maximum Gasteiger partial charge on any atom is 0.336 e. The van der Waals surface area contributed by atoms with Gasteiger partial charge in [-0.25, -0.2) is 4.79 Å². The molecule has 0 amide bonds. The molecule has 2 aromatic carbocycles. The maximum absolute atomic E-state index is 12.0. The summed E-state index contributed by atoms with van der Waals surface area (Å²) < 4.78 is 6.02. The summed E-state index contributed by atoms with van der Waals surface area (Å²) in [6, 6.07) is 14.4. The van der Waals surface area contributed by atoms with E-state index in [0.717, 1.165) is 27.6 Å². The maximum atomic E-state index is 12.0. The SMILES string of the molecule is Cc1cc(C(=O)O)c(-c2c3ccc(=[NH2+])cc-3oc3cc(N)ccc23)cc1C. The summed E-state index contributed by atoms with van der Waals surface area (Å²) in [5.74, 6) is -0.390. The quantitative estimate of drug-likeness (QED) is 0.378. The second-order valence-corrected chi connectivity index (χ2v) is 6.78. The van der Waals surface area contributed by atoms with Crippen LogP contribution in [-0.2, 0) is 0 Å². The van der Waals surface area contributed by atoms with Crippen LogP contribution in [0, 0.1) is 13.8 Å². The summed E-state index contributed by atoms with van der Waals surface area (Å²) in [7, 11) is 0. The van der Waals surface area contributed by atoms with Crippen molar-refractivity contribution in [3.05, 3.63) is 70.6 Å². The fourth-order valence-corrected chi connectivity index (χ4v) is 3.41. The molecule has 1 aliphatic heterocycles. The summed E-state index contributed by atoms with van der Waals surface area (Å²) >= 11 is 0. The number of carboxylic acid groups (broad SMARTS) is 1. The molecule has 0 aromatic heterocycles. The number of fused-ring (bicyclic) bond motifs is 2. The lowest BCUT2D eigenvalue weighted by Gasteiger charge is -2.18. The number of hydrogen-bond acceptors (Lipinski definition) is 3. The third kappa shape index (κ3) is 2.73. The number of hydrogen-bond donors (Lipinski definition) is 3. The second-order valence-electron chi connectivity index (χ2n) is 6.78. The summed E-state index contributed by atoms with van der Waals surface area (Å²) in [6.45, 7) is 3.88. The Kier molecular flexibility index (Phi) is 3.73. The first-order chi connectivity index (χ1) is 12.8.